The standard InChI is InChI=1S/C16H15NO/c1-11-6-9-15(18-11)16(17)14-8-7-12-4-2-3-5-13(12)10-14/h2-10,16H,17H2,1H3. The highest BCUT2D eigenvalue weighted by Crippen LogP contribution is 2.24. The highest BCUT2D eigenvalue weighted by atomic mass is 16.3. The molecule has 2 nitrogen and oxygen atoms in total. The summed E-state index contributed by atoms with van der Waals surface area (Å²) < 4.78 is 5.59. The smallest absolute Gasteiger partial charge is 0.125 e. The third-order valence-electron chi connectivity index (χ3n) is 3.20. The van der Waals surface area contributed by atoms with Crippen LogP contribution in [0.3, 0.4) is 0 Å². The van der Waals surface area contributed by atoms with Gasteiger partial charge in [-0.2, -0.15) is 0 Å². The Kier molecular flexibility index (Phi) is 2.65. The van der Waals surface area contributed by atoms with Crippen molar-refractivity contribution in [3.05, 3.63) is 71.7 Å². The fourth-order valence-corrected chi connectivity index (χ4v) is 2.19. The zero-order chi connectivity index (χ0) is 12.5. The van der Waals surface area contributed by atoms with Crippen molar-refractivity contribution in [1.29, 1.82) is 0 Å². The Hall–Kier alpha value is -2.06. The van der Waals surface area contributed by atoms with Crippen LogP contribution in [0, 0.1) is 6.92 Å². The molecule has 1 heterocycles. The van der Waals surface area contributed by atoms with Gasteiger partial charge in [-0.05, 0) is 41.5 Å². The first-order chi connectivity index (χ1) is 8.74. The summed E-state index contributed by atoms with van der Waals surface area (Å²) in [5, 5.41) is 2.43. The summed E-state index contributed by atoms with van der Waals surface area (Å²) in [6.07, 6.45) is 0. The molecule has 0 fully saturated rings. The van der Waals surface area contributed by atoms with Gasteiger partial charge in [-0.1, -0.05) is 36.4 Å². The number of rotatable bonds is 2. The Morgan fingerprint density at radius 2 is 1.72 bits per heavy atom. The quantitative estimate of drug-likeness (QED) is 0.736. The molecule has 0 aliphatic heterocycles. The zero-order valence-electron chi connectivity index (χ0n) is 10.3. The highest BCUT2D eigenvalue weighted by Gasteiger charge is 2.12. The van der Waals surface area contributed by atoms with Gasteiger partial charge >= 0.3 is 0 Å². The number of hydrogen-bond donors (Lipinski definition) is 1. The summed E-state index contributed by atoms with van der Waals surface area (Å²) in [5.41, 5.74) is 7.30. The predicted octanol–water partition coefficient (Wildman–Crippen LogP) is 3.79. The predicted molar refractivity (Wildman–Crippen MR) is 73.4 cm³/mol. The van der Waals surface area contributed by atoms with Gasteiger partial charge in [0.2, 0.25) is 0 Å². The first kappa shape index (κ1) is 11.1. The van der Waals surface area contributed by atoms with Gasteiger partial charge in [0.25, 0.3) is 0 Å². The van der Waals surface area contributed by atoms with Crippen molar-refractivity contribution < 1.29 is 4.42 Å². The molecule has 0 radical (unpaired) electrons. The molecule has 0 aliphatic rings. The molecule has 2 N–H and O–H groups in total. The van der Waals surface area contributed by atoms with Gasteiger partial charge in [-0.25, -0.2) is 0 Å². The summed E-state index contributed by atoms with van der Waals surface area (Å²) in [7, 11) is 0. The highest BCUT2D eigenvalue weighted by molar-refractivity contribution is 5.83. The molecule has 0 spiro atoms. The van der Waals surface area contributed by atoms with E-state index in [1.807, 2.05) is 31.2 Å². The minimum atomic E-state index is -0.205. The van der Waals surface area contributed by atoms with Gasteiger partial charge in [0.15, 0.2) is 0 Å². The fourth-order valence-electron chi connectivity index (χ4n) is 2.19. The molecule has 0 amide bonds. The van der Waals surface area contributed by atoms with Crippen molar-refractivity contribution in [2.24, 2.45) is 5.73 Å². The summed E-state index contributed by atoms with van der Waals surface area (Å²) in [4.78, 5) is 0. The Bertz CT molecular complexity index is 684. The molecule has 0 saturated heterocycles. The van der Waals surface area contributed by atoms with Gasteiger partial charge in [-0.3, -0.25) is 0 Å². The molecular weight excluding hydrogens is 222 g/mol. The summed E-state index contributed by atoms with van der Waals surface area (Å²) in [6.45, 7) is 1.93. The minimum Gasteiger partial charge on any atom is -0.464 e. The Balaban J connectivity index is 2.03. The lowest BCUT2D eigenvalue weighted by atomic mass is 10.0. The normalized spacial score (nSPS) is 12.8. The largest absolute Gasteiger partial charge is 0.464 e. The lowest BCUT2D eigenvalue weighted by molar-refractivity contribution is 0.466. The first-order valence-electron chi connectivity index (χ1n) is 6.04. The maximum absolute atomic E-state index is 6.23. The Labute approximate surface area is 106 Å². The monoisotopic (exact) mass is 237 g/mol. The average Bonchev–Trinajstić information content (AvgIpc) is 2.84. The van der Waals surface area contributed by atoms with E-state index in [0.29, 0.717) is 0 Å². The number of aryl methyl sites for hydroxylation is 1. The van der Waals surface area contributed by atoms with Crippen molar-refractivity contribution in [2.75, 3.05) is 0 Å². The van der Waals surface area contributed by atoms with Crippen LogP contribution in [-0.4, -0.2) is 0 Å². The Morgan fingerprint density at radius 1 is 0.944 bits per heavy atom. The van der Waals surface area contributed by atoms with E-state index in [0.717, 1.165) is 17.1 Å². The lowest BCUT2D eigenvalue weighted by Crippen LogP contribution is -2.10. The number of furan rings is 1. The van der Waals surface area contributed by atoms with Crippen LogP contribution in [0.15, 0.2) is 59.0 Å². The van der Waals surface area contributed by atoms with E-state index in [1.165, 1.54) is 10.8 Å². The van der Waals surface area contributed by atoms with Crippen LogP contribution in [0.2, 0.25) is 0 Å². The van der Waals surface area contributed by atoms with Gasteiger partial charge in [0, 0.05) is 0 Å². The third-order valence-corrected chi connectivity index (χ3v) is 3.20. The van der Waals surface area contributed by atoms with Crippen LogP contribution < -0.4 is 5.73 Å². The summed E-state index contributed by atoms with van der Waals surface area (Å²) >= 11 is 0. The van der Waals surface area contributed by atoms with E-state index in [1.54, 1.807) is 0 Å². The van der Waals surface area contributed by atoms with E-state index in [9.17, 15) is 0 Å². The first-order valence-corrected chi connectivity index (χ1v) is 6.04. The second-order valence-electron chi connectivity index (χ2n) is 4.53. The van der Waals surface area contributed by atoms with E-state index in [4.69, 9.17) is 10.2 Å². The second kappa shape index (κ2) is 4.31. The topological polar surface area (TPSA) is 39.2 Å². The van der Waals surface area contributed by atoms with Crippen LogP contribution in [0.5, 0.6) is 0 Å². The molecule has 1 atom stereocenters. The average molecular weight is 237 g/mol. The van der Waals surface area contributed by atoms with Crippen LogP contribution >= 0.6 is 0 Å². The summed E-state index contributed by atoms with van der Waals surface area (Å²) in [5.74, 6) is 1.70. The van der Waals surface area contributed by atoms with Crippen molar-refractivity contribution in [3.63, 3.8) is 0 Å². The molecule has 0 aliphatic carbocycles. The molecule has 0 saturated carbocycles. The van der Waals surface area contributed by atoms with E-state index in [2.05, 4.69) is 30.3 Å². The molecule has 18 heavy (non-hydrogen) atoms. The van der Waals surface area contributed by atoms with E-state index in [-0.39, 0.29) is 6.04 Å². The second-order valence-corrected chi connectivity index (χ2v) is 4.53. The maximum Gasteiger partial charge on any atom is 0.125 e. The van der Waals surface area contributed by atoms with Crippen LogP contribution in [0.25, 0.3) is 10.8 Å². The molecule has 0 bridgehead atoms. The van der Waals surface area contributed by atoms with E-state index < -0.39 is 0 Å². The van der Waals surface area contributed by atoms with Crippen LogP contribution in [0.1, 0.15) is 23.1 Å². The molecule has 2 aromatic carbocycles. The lowest BCUT2D eigenvalue weighted by Gasteiger charge is -2.10. The third kappa shape index (κ3) is 1.91. The number of hydrogen-bond acceptors (Lipinski definition) is 2. The number of benzene rings is 2. The number of fused-ring (bicyclic) bond motifs is 1. The fraction of sp³-hybridized carbons (Fsp3) is 0.125. The van der Waals surface area contributed by atoms with E-state index >= 15 is 0 Å². The molecular formula is C16H15NO. The van der Waals surface area contributed by atoms with Crippen LogP contribution in [0.4, 0.5) is 0 Å². The molecule has 1 unspecified atom stereocenters. The van der Waals surface area contributed by atoms with Gasteiger partial charge in [-0.15, -0.1) is 0 Å². The molecule has 3 rings (SSSR count). The van der Waals surface area contributed by atoms with Crippen molar-refractivity contribution in [2.45, 2.75) is 13.0 Å². The Morgan fingerprint density at radius 3 is 2.44 bits per heavy atom. The van der Waals surface area contributed by atoms with Crippen molar-refractivity contribution >= 4 is 10.8 Å². The van der Waals surface area contributed by atoms with Gasteiger partial charge < -0.3 is 10.2 Å². The van der Waals surface area contributed by atoms with Gasteiger partial charge in [0.1, 0.15) is 11.5 Å². The summed E-state index contributed by atoms with van der Waals surface area (Å²) in [6, 6.07) is 18.2. The van der Waals surface area contributed by atoms with Crippen molar-refractivity contribution in [3.8, 4) is 0 Å². The molecule has 90 valence electrons. The molecule has 2 heteroatoms. The molecule has 3 aromatic rings. The molecule has 1 aromatic heterocycles. The SMILES string of the molecule is Cc1ccc(C(N)c2ccc3ccccc3c2)o1. The van der Waals surface area contributed by atoms with Gasteiger partial charge in [0.05, 0.1) is 6.04 Å². The van der Waals surface area contributed by atoms with Crippen LogP contribution in [-0.2, 0) is 0 Å². The number of nitrogens with two attached hydrogens (primary N) is 1. The maximum atomic E-state index is 6.23. The zero-order valence-corrected chi connectivity index (χ0v) is 10.3. The van der Waals surface area contributed by atoms with Crippen molar-refractivity contribution in [1.82, 2.24) is 0 Å². The minimum absolute atomic E-state index is 0.205.